The number of ether oxygens (including phenoxy) is 1. The van der Waals surface area contributed by atoms with Gasteiger partial charge in [0.2, 0.25) is 0 Å². The van der Waals surface area contributed by atoms with Crippen LogP contribution in [0.1, 0.15) is 18.9 Å². The molecule has 1 aliphatic rings. The second kappa shape index (κ2) is 4.53. The minimum Gasteiger partial charge on any atom is -0.468 e. The van der Waals surface area contributed by atoms with Gasteiger partial charge in [0.25, 0.3) is 6.47 Å². The summed E-state index contributed by atoms with van der Waals surface area (Å²) in [6, 6.07) is 0.348. The maximum atomic E-state index is 10.1. The molecule has 7 heteroatoms. The maximum Gasteiger partial charge on any atom is 0.293 e. The SMILES string of the molecule is O=COCC1CC(n2cnc3c(Cl)ncnc32)C1. The van der Waals surface area contributed by atoms with Crippen molar-refractivity contribution in [1.82, 2.24) is 19.5 Å². The fraction of sp³-hybridized carbons (Fsp3) is 0.455. The van der Waals surface area contributed by atoms with Crippen molar-refractivity contribution in [3.05, 3.63) is 17.8 Å². The Bertz CT molecular complexity index is 579. The monoisotopic (exact) mass is 266 g/mol. The Morgan fingerprint density at radius 3 is 3.06 bits per heavy atom. The van der Waals surface area contributed by atoms with Gasteiger partial charge < -0.3 is 9.30 Å². The molecule has 18 heavy (non-hydrogen) atoms. The molecule has 1 saturated carbocycles. The summed E-state index contributed by atoms with van der Waals surface area (Å²) in [6.07, 6.45) is 5.10. The number of hydrogen-bond acceptors (Lipinski definition) is 5. The van der Waals surface area contributed by atoms with Crippen LogP contribution in [0.2, 0.25) is 5.15 Å². The standard InChI is InChI=1S/C11H11ClN4O2/c12-10-9-11(14-4-13-10)16(5-15-9)8-1-7(2-8)3-18-6-17/h4-8H,1-3H2. The van der Waals surface area contributed by atoms with E-state index >= 15 is 0 Å². The average molecular weight is 267 g/mol. The van der Waals surface area contributed by atoms with E-state index in [2.05, 4.69) is 15.0 Å². The number of halogens is 1. The molecule has 0 spiro atoms. The van der Waals surface area contributed by atoms with Crippen molar-refractivity contribution >= 4 is 29.2 Å². The molecule has 3 rings (SSSR count). The minimum atomic E-state index is 0.348. The molecule has 0 saturated heterocycles. The molecule has 0 N–H and O–H groups in total. The van der Waals surface area contributed by atoms with Crippen molar-refractivity contribution in [2.24, 2.45) is 5.92 Å². The van der Waals surface area contributed by atoms with Crippen LogP contribution in [0, 0.1) is 5.92 Å². The molecule has 6 nitrogen and oxygen atoms in total. The summed E-state index contributed by atoms with van der Waals surface area (Å²) >= 11 is 5.95. The van der Waals surface area contributed by atoms with Crippen LogP contribution < -0.4 is 0 Å². The van der Waals surface area contributed by atoms with Crippen LogP contribution in [-0.4, -0.2) is 32.6 Å². The number of imidazole rings is 1. The Kier molecular flexibility index (Phi) is 2.87. The fourth-order valence-corrected chi connectivity index (χ4v) is 2.51. The molecule has 0 radical (unpaired) electrons. The van der Waals surface area contributed by atoms with E-state index in [0.29, 0.717) is 35.7 Å². The highest BCUT2D eigenvalue weighted by Crippen LogP contribution is 2.39. The average Bonchev–Trinajstić information content (AvgIpc) is 2.73. The third kappa shape index (κ3) is 1.82. The first-order valence-corrected chi connectivity index (χ1v) is 6.05. The summed E-state index contributed by atoms with van der Waals surface area (Å²) in [5, 5.41) is 0.374. The molecular weight excluding hydrogens is 256 g/mol. The zero-order valence-corrected chi connectivity index (χ0v) is 10.2. The Balaban J connectivity index is 1.77. The molecule has 2 aromatic rings. The maximum absolute atomic E-state index is 10.1. The number of aromatic nitrogens is 4. The van der Waals surface area contributed by atoms with Crippen molar-refractivity contribution < 1.29 is 9.53 Å². The summed E-state index contributed by atoms with van der Waals surface area (Å²) < 4.78 is 6.77. The molecule has 0 bridgehead atoms. The number of hydrogen-bond donors (Lipinski definition) is 0. The second-order valence-electron chi connectivity index (χ2n) is 4.41. The lowest BCUT2D eigenvalue weighted by Crippen LogP contribution is -2.29. The number of nitrogens with zero attached hydrogens (tertiary/aromatic N) is 4. The number of rotatable bonds is 4. The zero-order valence-electron chi connectivity index (χ0n) is 9.49. The summed E-state index contributed by atoms with van der Waals surface area (Å²) in [7, 11) is 0. The first-order chi connectivity index (χ1) is 8.79. The quantitative estimate of drug-likeness (QED) is 0.621. The largest absolute Gasteiger partial charge is 0.468 e. The zero-order chi connectivity index (χ0) is 12.5. The van der Waals surface area contributed by atoms with Crippen molar-refractivity contribution in [2.75, 3.05) is 6.61 Å². The van der Waals surface area contributed by atoms with Gasteiger partial charge in [-0.1, -0.05) is 11.6 Å². The molecule has 2 aromatic heterocycles. The molecule has 1 aliphatic carbocycles. The molecular formula is C11H11ClN4O2. The van der Waals surface area contributed by atoms with Crippen LogP contribution in [0.5, 0.6) is 0 Å². The van der Waals surface area contributed by atoms with Crippen molar-refractivity contribution in [2.45, 2.75) is 18.9 Å². The molecule has 0 unspecified atom stereocenters. The van der Waals surface area contributed by atoms with Crippen LogP contribution in [0.3, 0.4) is 0 Å². The van der Waals surface area contributed by atoms with Crippen LogP contribution in [0.4, 0.5) is 0 Å². The third-order valence-electron chi connectivity index (χ3n) is 3.32. The van der Waals surface area contributed by atoms with Gasteiger partial charge in [0.05, 0.1) is 12.9 Å². The highest BCUT2D eigenvalue weighted by molar-refractivity contribution is 6.33. The Morgan fingerprint density at radius 1 is 1.44 bits per heavy atom. The van der Waals surface area contributed by atoms with Crippen molar-refractivity contribution in [3.8, 4) is 0 Å². The molecule has 0 amide bonds. The number of fused-ring (bicyclic) bond motifs is 1. The predicted octanol–water partition coefficient (Wildman–Crippen LogP) is 1.60. The van der Waals surface area contributed by atoms with Gasteiger partial charge in [0, 0.05) is 6.04 Å². The normalized spacial score (nSPS) is 22.7. The van der Waals surface area contributed by atoms with E-state index in [1.165, 1.54) is 6.33 Å². The molecule has 94 valence electrons. The van der Waals surface area contributed by atoms with E-state index in [-0.39, 0.29) is 0 Å². The van der Waals surface area contributed by atoms with Gasteiger partial charge in [-0.15, -0.1) is 0 Å². The fourth-order valence-electron chi connectivity index (χ4n) is 2.33. The Hall–Kier alpha value is -1.69. The topological polar surface area (TPSA) is 69.9 Å². The van der Waals surface area contributed by atoms with Gasteiger partial charge in [-0.2, -0.15) is 0 Å². The summed E-state index contributed by atoms with van der Waals surface area (Å²) in [5.74, 6) is 0.426. The van der Waals surface area contributed by atoms with Crippen LogP contribution in [-0.2, 0) is 9.53 Å². The first kappa shape index (κ1) is 11.4. The highest BCUT2D eigenvalue weighted by atomic mass is 35.5. The molecule has 0 aromatic carbocycles. The van der Waals surface area contributed by atoms with Gasteiger partial charge in [0.1, 0.15) is 11.8 Å². The first-order valence-electron chi connectivity index (χ1n) is 5.68. The van der Waals surface area contributed by atoms with Crippen LogP contribution >= 0.6 is 11.6 Å². The van der Waals surface area contributed by atoms with Crippen LogP contribution in [0.25, 0.3) is 11.2 Å². The lowest BCUT2D eigenvalue weighted by molar-refractivity contribution is -0.131. The molecule has 1 fully saturated rings. The van der Waals surface area contributed by atoms with Gasteiger partial charge in [-0.05, 0) is 18.8 Å². The van der Waals surface area contributed by atoms with Gasteiger partial charge in [-0.25, -0.2) is 15.0 Å². The van der Waals surface area contributed by atoms with E-state index in [1.54, 1.807) is 6.33 Å². The molecule has 0 atom stereocenters. The predicted molar refractivity (Wildman–Crippen MR) is 64.1 cm³/mol. The smallest absolute Gasteiger partial charge is 0.293 e. The van der Waals surface area contributed by atoms with E-state index in [1.807, 2.05) is 4.57 Å². The van der Waals surface area contributed by atoms with Gasteiger partial charge in [0.15, 0.2) is 10.8 Å². The lowest BCUT2D eigenvalue weighted by atomic mass is 9.81. The van der Waals surface area contributed by atoms with Crippen LogP contribution in [0.15, 0.2) is 12.7 Å². The Morgan fingerprint density at radius 2 is 2.28 bits per heavy atom. The molecule has 0 aliphatic heterocycles. The summed E-state index contributed by atoms with van der Waals surface area (Å²) in [4.78, 5) is 22.4. The van der Waals surface area contributed by atoms with E-state index in [4.69, 9.17) is 16.3 Å². The summed E-state index contributed by atoms with van der Waals surface area (Å²) in [6.45, 7) is 0.981. The number of carbonyl (C=O) groups is 1. The van der Waals surface area contributed by atoms with E-state index in [9.17, 15) is 4.79 Å². The highest BCUT2D eigenvalue weighted by Gasteiger charge is 2.32. The van der Waals surface area contributed by atoms with Gasteiger partial charge in [-0.3, -0.25) is 4.79 Å². The number of carbonyl (C=O) groups excluding carboxylic acids is 1. The second-order valence-corrected chi connectivity index (χ2v) is 4.77. The van der Waals surface area contributed by atoms with Gasteiger partial charge >= 0.3 is 0 Å². The minimum absolute atomic E-state index is 0.348. The Labute approximate surface area is 108 Å². The third-order valence-corrected chi connectivity index (χ3v) is 3.59. The molecule has 2 heterocycles. The van der Waals surface area contributed by atoms with Crippen molar-refractivity contribution in [1.29, 1.82) is 0 Å². The lowest BCUT2D eigenvalue weighted by Gasteiger charge is -2.35. The van der Waals surface area contributed by atoms with E-state index < -0.39 is 0 Å². The van der Waals surface area contributed by atoms with Crippen molar-refractivity contribution in [3.63, 3.8) is 0 Å². The van der Waals surface area contributed by atoms with E-state index in [0.717, 1.165) is 18.5 Å². The summed E-state index contributed by atoms with van der Waals surface area (Å²) in [5.41, 5.74) is 1.39.